The third-order valence-corrected chi connectivity index (χ3v) is 3.19. The Kier molecular flexibility index (Phi) is 5.66. The number of ether oxygens (including phenoxy) is 1. The maximum absolute atomic E-state index is 10.8. The van der Waals surface area contributed by atoms with Gasteiger partial charge in [-0.1, -0.05) is 11.6 Å². The van der Waals surface area contributed by atoms with Crippen molar-refractivity contribution in [2.24, 2.45) is 0 Å². The van der Waals surface area contributed by atoms with Crippen LogP contribution in [0.1, 0.15) is 6.92 Å². The predicted octanol–water partition coefficient (Wildman–Crippen LogP) is 2.92. The molecule has 1 unspecified atom stereocenters. The van der Waals surface area contributed by atoms with E-state index >= 15 is 0 Å². The molecule has 0 saturated heterocycles. The number of halogens is 1. The molecule has 1 aromatic rings. The molecule has 0 saturated carbocycles. The molecule has 0 amide bonds. The van der Waals surface area contributed by atoms with Gasteiger partial charge in [0.1, 0.15) is 0 Å². The maximum atomic E-state index is 10.8. The van der Waals surface area contributed by atoms with Gasteiger partial charge in [-0.2, -0.15) is 0 Å². The van der Waals surface area contributed by atoms with E-state index in [1.54, 1.807) is 19.1 Å². The Morgan fingerprint density at radius 1 is 1.50 bits per heavy atom. The van der Waals surface area contributed by atoms with Crippen LogP contribution in [0.4, 0.5) is 0 Å². The number of rotatable bonds is 6. The molecule has 1 aromatic carbocycles. The van der Waals surface area contributed by atoms with Crippen molar-refractivity contribution in [2.45, 2.75) is 17.9 Å². The summed E-state index contributed by atoms with van der Waals surface area (Å²) in [5.74, 6) is -0.534. The Labute approximate surface area is 104 Å². The Morgan fingerprint density at radius 2 is 2.12 bits per heavy atom. The number of thioether (sulfide) groups is 1. The zero-order valence-electron chi connectivity index (χ0n) is 8.85. The molecule has 0 aliphatic rings. The lowest BCUT2D eigenvalue weighted by atomic mass is 10.4. The Morgan fingerprint density at radius 3 is 2.62 bits per heavy atom. The molecular formula is C11H13ClO3S. The van der Waals surface area contributed by atoms with Crippen molar-refractivity contribution >= 4 is 29.3 Å². The van der Waals surface area contributed by atoms with Crippen molar-refractivity contribution in [2.75, 3.05) is 12.4 Å². The van der Waals surface area contributed by atoms with E-state index in [0.717, 1.165) is 4.90 Å². The predicted molar refractivity (Wildman–Crippen MR) is 65.2 cm³/mol. The molecule has 5 heteroatoms. The van der Waals surface area contributed by atoms with Gasteiger partial charge in [0.25, 0.3) is 0 Å². The van der Waals surface area contributed by atoms with E-state index in [1.165, 1.54) is 11.8 Å². The van der Waals surface area contributed by atoms with Crippen molar-refractivity contribution in [3.8, 4) is 0 Å². The summed E-state index contributed by atoms with van der Waals surface area (Å²) in [7, 11) is 0. The van der Waals surface area contributed by atoms with Crippen molar-refractivity contribution in [1.82, 2.24) is 0 Å². The molecule has 0 bridgehead atoms. The lowest BCUT2D eigenvalue weighted by molar-refractivity contribution is -0.148. The first-order chi connectivity index (χ1) is 7.63. The Hall–Kier alpha value is -0.710. The van der Waals surface area contributed by atoms with Crippen LogP contribution in [0, 0.1) is 0 Å². The van der Waals surface area contributed by atoms with Gasteiger partial charge >= 0.3 is 5.97 Å². The highest BCUT2D eigenvalue weighted by molar-refractivity contribution is 7.99. The summed E-state index contributed by atoms with van der Waals surface area (Å²) >= 11 is 7.19. The minimum atomic E-state index is -0.927. The topological polar surface area (TPSA) is 46.5 Å². The summed E-state index contributed by atoms with van der Waals surface area (Å²) in [4.78, 5) is 11.8. The van der Waals surface area contributed by atoms with Crippen molar-refractivity contribution in [3.05, 3.63) is 29.3 Å². The molecule has 3 nitrogen and oxygen atoms in total. The van der Waals surface area contributed by atoms with E-state index in [1.807, 2.05) is 12.1 Å². The van der Waals surface area contributed by atoms with Crippen molar-refractivity contribution in [3.63, 3.8) is 0 Å². The normalized spacial score (nSPS) is 12.4. The monoisotopic (exact) mass is 260 g/mol. The number of hydrogen-bond donors (Lipinski definition) is 1. The van der Waals surface area contributed by atoms with Gasteiger partial charge in [0.2, 0.25) is 0 Å². The van der Waals surface area contributed by atoms with Crippen molar-refractivity contribution < 1.29 is 14.6 Å². The zero-order chi connectivity index (χ0) is 12.0. The molecule has 0 spiro atoms. The SMILES string of the molecule is CCOC(CSc1ccc(Cl)cc1)C(=O)O. The number of benzene rings is 1. The maximum Gasteiger partial charge on any atom is 0.333 e. The summed E-state index contributed by atoms with van der Waals surface area (Å²) < 4.78 is 5.10. The largest absolute Gasteiger partial charge is 0.479 e. The lowest BCUT2D eigenvalue weighted by Gasteiger charge is -2.11. The van der Waals surface area contributed by atoms with Crippen LogP contribution in [-0.4, -0.2) is 29.5 Å². The molecule has 1 rings (SSSR count). The van der Waals surface area contributed by atoms with Crippen LogP contribution >= 0.6 is 23.4 Å². The summed E-state index contributed by atoms with van der Waals surface area (Å²) in [6.07, 6.45) is -0.759. The van der Waals surface area contributed by atoms with Crippen LogP contribution in [0.3, 0.4) is 0 Å². The second kappa shape index (κ2) is 6.78. The molecule has 0 aromatic heterocycles. The Bertz CT molecular complexity index is 340. The number of carboxylic acids is 1. The molecular weight excluding hydrogens is 248 g/mol. The van der Waals surface area contributed by atoms with Gasteiger partial charge in [-0.15, -0.1) is 11.8 Å². The molecule has 0 aliphatic carbocycles. The second-order valence-electron chi connectivity index (χ2n) is 3.05. The molecule has 0 radical (unpaired) electrons. The Balaban J connectivity index is 2.48. The van der Waals surface area contributed by atoms with Crippen LogP contribution in [0.5, 0.6) is 0 Å². The number of aliphatic carboxylic acids is 1. The van der Waals surface area contributed by atoms with Crippen LogP contribution in [-0.2, 0) is 9.53 Å². The van der Waals surface area contributed by atoms with Gasteiger partial charge in [0, 0.05) is 22.3 Å². The summed E-state index contributed by atoms with van der Waals surface area (Å²) in [5.41, 5.74) is 0. The first kappa shape index (κ1) is 13.4. The van der Waals surface area contributed by atoms with Crippen molar-refractivity contribution in [1.29, 1.82) is 0 Å². The lowest BCUT2D eigenvalue weighted by Crippen LogP contribution is -2.26. The fourth-order valence-corrected chi connectivity index (χ4v) is 2.13. The minimum Gasteiger partial charge on any atom is -0.479 e. The van der Waals surface area contributed by atoms with Gasteiger partial charge in [-0.25, -0.2) is 4.79 Å². The quantitative estimate of drug-likeness (QED) is 0.799. The smallest absolute Gasteiger partial charge is 0.333 e. The van der Waals surface area contributed by atoms with Crippen LogP contribution in [0.15, 0.2) is 29.2 Å². The fraction of sp³-hybridized carbons (Fsp3) is 0.364. The number of carbonyl (C=O) groups is 1. The number of hydrogen-bond acceptors (Lipinski definition) is 3. The molecule has 0 heterocycles. The molecule has 1 N–H and O–H groups in total. The fourth-order valence-electron chi connectivity index (χ4n) is 1.09. The van der Waals surface area contributed by atoms with E-state index in [4.69, 9.17) is 21.4 Å². The van der Waals surface area contributed by atoms with E-state index in [9.17, 15) is 4.79 Å². The van der Waals surface area contributed by atoms with Gasteiger partial charge in [-0.3, -0.25) is 0 Å². The zero-order valence-corrected chi connectivity index (χ0v) is 10.4. The first-order valence-electron chi connectivity index (χ1n) is 4.86. The van der Waals surface area contributed by atoms with Gasteiger partial charge < -0.3 is 9.84 Å². The van der Waals surface area contributed by atoms with E-state index < -0.39 is 12.1 Å². The summed E-state index contributed by atoms with van der Waals surface area (Å²) in [6, 6.07) is 7.27. The molecule has 0 aliphatic heterocycles. The van der Waals surface area contributed by atoms with Gasteiger partial charge in [0.05, 0.1) is 0 Å². The van der Waals surface area contributed by atoms with Crippen LogP contribution in [0.25, 0.3) is 0 Å². The molecule has 0 fully saturated rings. The van der Waals surface area contributed by atoms with Gasteiger partial charge in [-0.05, 0) is 31.2 Å². The average Bonchev–Trinajstić information content (AvgIpc) is 2.26. The third kappa shape index (κ3) is 4.43. The number of carboxylic acid groups (broad SMARTS) is 1. The second-order valence-corrected chi connectivity index (χ2v) is 4.58. The van der Waals surface area contributed by atoms with E-state index in [2.05, 4.69) is 0 Å². The minimum absolute atomic E-state index is 0.394. The van der Waals surface area contributed by atoms with Gasteiger partial charge in [0.15, 0.2) is 6.10 Å². The highest BCUT2D eigenvalue weighted by Crippen LogP contribution is 2.21. The molecule has 88 valence electrons. The average molecular weight is 261 g/mol. The van der Waals surface area contributed by atoms with Crippen LogP contribution in [0.2, 0.25) is 5.02 Å². The molecule has 16 heavy (non-hydrogen) atoms. The summed E-state index contributed by atoms with van der Waals surface area (Å²) in [6.45, 7) is 2.18. The molecule has 1 atom stereocenters. The summed E-state index contributed by atoms with van der Waals surface area (Å²) in [5, 5.41) is 9.54. The highest BCUT2D eigenvalue weighted by atomic mass is 35.5. The highest BCUT2D eigenvalue weighted by Gasteiger charge is 2.17. The first-order valence-corrected chi connectivity index (χ1v) is 6.22. The van der Waals surface area contributed by atoms with E-state index in [-0.39, 0.29) is 0 Å². The van der Waals surface area contributed by atoms with E-state index in [0.29, 0.717) is 17.4 Å². The van der Waals surface area contributed by atoms with Crippen LogP contribution < -0.4 is 0 Å². The standard InChI is InChI=1S/C11H13ClO3S/c1-2-15-10(11(13)14)7-16-9-5-3-8(12)4-6-9/h3-6,10H,2,7H2,1H3,(H,13,14). The third-order valence-electron chi connectivity index (χ3n) is 1.86.